The van der Waals surface area contributed by atoms with Crippen LogP contribution >= 0.6 is 0 Å². The fourth-order valence-electron chi connectivity index (χ4n) is 5.93. The summed E-state index contributed by atoms with van der Waals surface area (Å²) >= 11 is 0. The van der Waals surface area contributed by atoms with Gasteiger partial charge in [0.25, 0.3) is 0 Å². The molecular weight excluding hydrogens is 406 g/mol. The predicted octanol–water partition coefficient (Wildman–Crippen LogP) is 8.59. The quantitative estimate of drug-likeness (QED) is 0.243. The number of rotatable bonds is 11. The van der Waals surface area contributed by atoms with Crippen LogP contribution in [-0.4, -0.2) is 15.4 Å². The minimum absolute atomic E-state index is 0.00283. The molecule has 175 valence electrons. The van der Waals surface area contributed by atoms with E-state index >= 15 is 0 Å². The Labute approximate surface area is 191 Å². The largest absolute Gasteiger partial charge is 0.491 e. The van der Waals surface area contributed by atoms with Gasteiger partial charge in [0.2, 0.25) is 5.82 Å². The van der Waals surface area contributed by atoms with Crippen molar-refractivity contribution in [2.45, 2.75) is 109 Å². The Hall–Kier alpha value is -0.903. The second-order valence-corrected chi connectivity index (χ2v) is 13.0. The zero-order valence-corrected chi connectivity index (χ0v) is 20.9. The molecule has 31 heavy (non-hydrogen) atoms. The smallest absolute Gasteiger partial charge is 0.200 e. The van der Waals surface area contributed by atoms with Crippen LogP contribution in [0.4, 0.5) is 8.78 Å². The predicted molar refractivity (Wildman–Crippen MR) is 128 cm³/mol. The van der Waals surface area contributed by atoms with E-state index in [9.17, 15) is 8.78 Å². The molecule has 2 aliphatic rings. The molecule has 1 heterocycles. The average molecular weight is 450 g/mol. The second kappa shape index (κ2) is 13.0. The van der Waals surface area contributed by atoms with Crippen LogP contribution < -0.4 is 4.74 Å². The van der Waals surface area contributed by atoms with Gasteiger partial charge in [0.05, 0.1) is 6.61 Å². The minimum Gasteiger partial charge on any atom is -0.491 e. The van der Waals surface area contributed by atoms with Gasteiger partial charge in [-0.3, -0.25) is 0 Å². The standard InChI is InChI=1S/C27H43F2OSi/c1-3-5-18-31-19-16-23(17-20-31)22-12-10-21(11-13-22)8-6-7-9-24-14-15-25(30-4-2)27(29)26(24)28/h14-15,21-23H,3-13,16-20H2,1-2H3. The summed E-state index contributed by atoms with van der Waals surface area (Å²) in [7, 11) is 0.00283. The molecule has 1 aliphatic carbocycles. The lowest BCUT2D eigenvalue weighted by Gasteiger charge is -2.37. The van der Waals surface area contributed by atoms with Crippen LogP contribution in [0.2, 0.25) is 18.1 Å². The van der Waals surface area contributed by atoms with E-state index in [4.69, 9.17) is 4.74 Å². The van der Waals surface area contributed by atoms with Crippen LogP contribution in [-0.2, 0) is 6.42 Å². The Morgan fingerprint density at radius 3 is 2.26 bits per heavy atom. The molecule has 1 saturated carbocycles. The number of aryl methyl sites for hydroxylation is 1. The Balaban J connectivity index is 1.31. The number of ether oxygens (including phenoxy) is 1. The third-order valence-electron chi connectivity index (χ3n) is 7.91. The SMILES string of the molecule is CCCC[Si]1CCC(C2CCC(CCCCc3ccc(OCC)c(F)c3F)CC2)CC1. The van der Waals surface area contributed by atoms with Crippen molar-refractivity contribution in [2.24, 2.45) is 17.8 Å². The number of halogens is 2. The molecule has 4 heteroatoms. The number of unbranched alkanes of at least 4 members (excludes halogenated alkanes) is 2. The van der Waals surface area contributed by atoms with Gasteiger partial charge in [-0.25, -0.2) is 4.39 Å². The van der Waals surface area contributed by atoms with Gasteiger partial charge in [-0.2, -0.15) is 4.39 Å². The second-order valence-electron chi connectivity index (χ2n) is 10.0. The molecule has 0 amide bonds. The molecule has 0 N–H and O–H groups in total. The fraction of sp³-hybridized carbons (Fsp3) is 0.778. The highest BCUT2D eigenvalue weighted by molar-refractivity contribution is 6.58. The lowest BCUT2D eigenvalue weighted by atomic mass is 9.73. The normalized spacial score (nSPS) is 23.2. The van der Waals surface area contributed by atoms with Gasteiger partial charge in [0.1, 0.15) is 0 Å². The van der Waals surface area contributed by atoms with Gasteiger partial charge < -0.3 is 4.74 Å². The first-order chi connectivity index (χ1) is 15.1. The molecule has 1 aliphatic heterocycles. The van der Waals surface area contributed by atoms with Crippen molar-refractivity contribution < 1.29 is 13.5 Å². The first kappa shape index (κ1) is 24.7. The molecule has 1 aromatic carbocycles. The van der Waals surface area contributed by atoms with E-state index in [2.05, 4.69) is 6.92 Å². The zero-order valence-electron chi connectivity index (χ0n) is 19.9. The van der Waals surface area contributed by atoms with Crippen LogP contribution in [0.25, 0.3) is 0 Å². The summed E-state index contributed by atoms with van der Waals surface area (Å²) in [5.41, 5.74) is 0.488. The van der Waals surface area contributed by atoms with Crippen LogP contribution in [0.1, 0.15) is 90.0 Å². The summed E-state index contributed by atoms with van der Waals surface area (Å²) < 4.78 is 33.4. The molecule has 3 rings (SSSR count). The molecule has 0 bridgehead atoms. The summed E-state index contributed by atoms with van der Waals surface area (Å²) in [4.78, 5) is 0. The minimum atomic E-state index is -0.834. The Bertz CT molecular complexity index is 649. The molecule has 1 saturated heterocycles. The van der Waals surface area contributed by atoms with Crippen molar-refractivity contribution in [1.29, 1.82) is 0 Å². The van der Waals surface area contributed by atoms with Crippen LogP contribution in [0.3, 0.4) is 0 Å². The van der Waals surface area contributed by atoms with E-state index in [1.807, 2.05) is 0 Å². The van der Waals surface area contributed by atoms with E-state index in [-0.39, 0.29) is 14.5 Å². The summed E-state index contributed by atoms with van der Waals surface area (Å²) in [6, 6.07) is 7.98. The molecule has 0 aromatic heterocycles. The average Bonchev–Trinajstić information content (AvgIpc) is 2.80. The highest BCUT2D eigenvalue weighted by atomic mass is 28.3. The van der Waals surface area contributed by atoms with Crippen LogP contribution in [0, 0.1) is 29.4 Å². The molecule has 2 fully saturated rings. The maximum atomic E-state index is 14.2. The maximum absolute atomic E-state index is 14.2. The summed E-state index contributed by atoms with van der Waals surface area (Å²) in [6.07, 6.45) is 15.5. The summed E-state index contributed by atoms with van der Waals surface area (Å²) in [5, 5.41) is 0. The van der Waals surface area contributed by atoms with Gasteiger partial charge in [0, 0.05) is 8.80 Å². The van der Waals surface area contributed by atoms with E-state index in [0.29, 0.717) is 18.6 Å². The molecule has 0 spiro atoms. The first-order valence-electron chi connectivity index (χ1n) is 13.1. The molecule has 1 nitrogen and oxygen atoms in total. The molecule has 0 atom stereocenters. The van der Waals surface area contributed by atoms with Crippen LogP contribution in [0.15, 0.2) is 12.1 Å². The van der Waals surface area contributed by atoms with Gasteiger partial charge in [0.15, 0.2) is 11.6 Å². The molecule has 0 unspecified atom stereocenters. The Morgan fingerprint density at radius 2 is 1.58 bits per heavy atom. The van der Waals surface area contributed by atoms with E-state index in [0.717, 1.165) is 30.6 Å². The van der Waals surface area contributed by atoms with Gasteiger partial charge in [-0.15, -0.1) is 0 Å². The van der Waals surface area contributed by atoms with Crippen molar-refractivity contribution in [1.82, 2.24) is 0 Å². The van der Waals surface area contributed by atoms with Crippen molar-refractivity contribution >= 4 is 8.80 Å². The Morgan fingerprint density at radius 1 is 0.871 bits per heavy atom. The van der Waals surface area contributed by atoms with Crippen molar-refractivity contribution in [3.05, 3.63) is 29.3 Å². The van der Waals surface area contributed by atoms with Gasteiger partial charge in [-0.1, -0.05) is 82.5 Å². The van der Waals surface area contributed by atoms with E-state index in [1.165, 1.54) is 57.8 Å². The van der Waals surface area contributed by atoms with Gasteiger partial charge >= 0.3 is 0 Å². The lowest BCUT2D eigenvalue weighted by Crippen LogP contribution is -2.28. The van der Waals surface area contributed by atoms with Crippen LogP contribution in [0.5, 0.6) is 5.75 Å². The summed E-state index contributed by atoms with van der Waals surface area (Å²) in [5.74, 6) is 1.33. The third-order valence-corrected chi connectivity index (χ3v) is 11.0. The number of benzene rings is 1. The van der Waals surface area contributed by atoms with E-state index in [1.54, 1.807) is 37.2 Å². The van der Waals surface area contributed by atoms with Crippen molar-refractivity contribution in [3.63, 3.8) is 0 Å². The molecular formula is C27H43F2OSi. The topological polar surface area (TPSA) is 9.23 Å². The van der Waals surface area contributed by atoms with Gasteiger partial charge in [-0.05, 0) is 62.0 Å². The summed E-state index contributed by atoms with van der Waals surface area (Å²) in [6.45, 7) is 4.45. The number of hydrogen-bond donors (Lipinski definition) is 0. The zero-order chi connectivity index (χ0) is 22.1. The van der Waals surface area contributed by atoms with Crippen molar-refractivity contribution in [2.75, 3.05) is 6.61 Å². The molecule has 1 aromatic rings. The molecule has 1 radical (unpaired) electrons. The van der Waals surface area contributed by atoms with E-state index < -0.39 is 11.6 Å². The number of hydrogen-bond acceptors (Lipinski definition) is 1. The fourth-order valence-corrected chi connectivity index (χ4v) is 9.09. The third kappa shape index (κ3) is 7.30. The monoisotopic (exact) mass is 449 g/mol. The lowest BCUT2D eigenvalue weighted by molar-refractivity contribution is 0.184. The highest BCUT2D eigenvalue weighted by Gasteiger charge is 2.31. The van der Waals surface area contributed by atoms with Crippen molar-refractivity contribution in [3.8, 4) is 5.75 Å². The first-order valence-corrected chi connectivity index (χ1v) is 15.2. The maximum Gasteiger partial charge on any atom is 0.200 e. The Kier molecular flexibility index (Phi) is 10.3. The highest BCUT2D eigenvalue weighted by Crippen LogP contribution is 2.42.